The number of fused-ring (bicyclic) bond motifs is 1. The first-order chi connectivity index (χ1) is 11.8. The van der Waals surface area contributed by atoms with E-state index in [1.807, 2.05) is 54.6 Å². The van der Waals surface area contributed by atoms with Crippen LogP contribution in [0.2, 0.25) is 0 Å². The van der Waals surface area contributed by atoms with E-state index in [-0.39, 0.29) is 0 Å². The van der Waals surface area contributed by atoms with Crippen molar-refractivity contribution >= 4 is 17.0 Å². The Labute approximate surface area is 138 Å². The number of aromatic amines is 1. The quantitative estimate of drug-likeness (QED) is 0.603. The molecule has 6 heteroatoms. The summed E-state index contributed by atoms with van der Waals surface area (Å²) in [5.41, 5.74) is 9.09. The molecule has 0 amide bonds. The zero-order valence-electron chi connectivity index (χ0n) is 12.8. The van der Waals surface area contributed by atoms with Gasteiger partial charge in [0.2, 0.25) is 0 Å². The van der Waals surface area contributed by atoms with Crippen LogP contribution in [0.25, 0.3) is 22.6 Å². The van der Waals surface area contributed by atoms with Crippen molar-refractivity contribution in [2.75, 3.05) is 5.73 Å². The summed E-state index contributed by atoms with van der Waals surface area (Å²) in [6.45, 7) is 0.539. The molecule has 2 heterocycles. The van der Waals surface area contributed by atoms with Gasteiger partial charge in [-0.2, -0.15) is 0 Å². The zero-order chi connectivity index (χ0) is 16.4. The highest BCUT2D eigenvalue weighted by Crippen LogP contribution is 2.24. The summed E-state index contributed by atoms with van der Waals surface area (Å²) in [4.78, 5) is 15.7. The molecule has 4 rings (SSSR count). The molecule has 6 nitrogen and oxygen atoms in total. The molecule has 118 valence electrons. The fourth-order valence-corrected chi connectivity index (χ4v) is 2.43. The Kier molecular flexibility index (Phi) is 3.55. The summed E-state index contributed by atoms with van der Waals surface area (Å²) in [6, 6.07) is 17.8. The van der Waals surface area contributed by atoms with E-state index in [2.05, 4.69) is 19.9 Å². The predicted octanol–water partition coefficient (Wildman–Crippen LogP) is 3.18. The van der Waals surface area contributed by atoms with Gasteiger partial charge < -0.3 is 15.5 Å². The van der Waals surface area contributed by atoms with Gasteiger partial charge in [-0.25, -0.2) is 15.0 Å². The van der Waals surface area contributed by atoms with Crippen LogP contribution >= 0.6 is 0 Å². The Morgan fingerprint density at radius 1 is 0.958 bits per heavy atom. The molecule has 0 aliphatic rings. The van der Waals surface area contributed by atoms with Gasteiger partial charge >= 0.3 is 0 Å². The van der Waals surface area contributed by atoms with Crippen LogP contribution in [-0.4, -0.2) is 19.9 Å². The first kappa shape index (κ1) is 14.2. The number of nitrogens with one attached hydrogen (secondary N) is 1. The van der Waals surface area contributed by atoms with Crippen molar-refractivity contribution < 1.29 is 4.74 Å². The van der Waals surface area contributed by atoms with Gasteiger partial charge in [0.25, 0.3) is 0 Å². The second-order valence-corrected chi connectivity index (χ2v) is 5.34. The van der Waals surface area contributed by atoms with Crippen molar-refractivity contribution in [3.63, 3.8) is 0 Å². The van der Waals surface area contributed by atoms with Gasteiger partial charge in [-0.1, -0.05) is 30.3 Å². The third-order valence-electron chi connectivity index (χ3n) is 3.69. The highest BCUT2D eigenvalue weighted by atomic mass is 16.5. The van der Waals surface area contributed by atoms with E-state index in [0.29, 0.717) is 29.4 Å². The Balaban J connectivity index is 1.53. The molecule has 0 aliphatic heterocycles. The van der Waals surface area contributed by atoms with E-state index in [4.69, 9.17) is 10.5 Å². The number of ether oxygens (including phenoxy) is 1. The Morgan fingerprint density at radius 2 is 1.75 bits per heavy atom. The van der Waals surface area contributed by atoms with Crippen LogP contribution in [0.15, 0.2) is 60.9 Å². The number of imidazole rings is 1. The minimum atomic E-state index is 0.390. The average Bonchev–Trinajstić information content (AvgIpc) is 3.07. The molecule has 0 bridgehead atoms. The third-order valence-corrected chi connectivity index (χ3v) is 3.69. The second kappa shape index (κ2) is 6.00. The lowest BCUT2D eigenvalue weighted by molar-refractivity contribution is 0.306. The number of hydrogen-bond donors (Lipinski definition) is 2. The summed E-state index contributed by atoms with van der Waals surface area (Å²) in [5.74, 6) is 1.89. The fourth-order valence-electron chi connectivity index (χ4n) is 2.43. The summed E-state index contributed by atoms with van der Waals surface area (Å²) >= 11 is 0. The van der Waals surface area contributed by atoms with Crippen molar-refractivity contribution in [2.45, 2.75) is 6.61 Å². The average molecular weight is 317 g/mol. The van der Waals surface area contributed by atoms with E-state index in [9.17, 15) is 0 Å². The first-order valence-electron chi connectivity index (χ1n) is 7.53. The standard InChI is InChI=1S/C18H15N5O/c19-16-15-18(21-11-20-16)23-17(22-15)13-6-8-14(9-7-13)24-10-12-4-2-1-3-5-12/h1-9,11H,10H2,(H3,19,20,21,22,23). The summed E-state index contributed by atoms with van der Waals surface area (Å²) < 4.78 is 5.79. The normalized spacial score (nSPS) is 10.8. The lowest BCUT2D eigenvalue weighted by Crippen LogP contribution is -1.94. The SMILES string of the molecule is Nc1ncnc2nc(-c3ccc(OCc4ccccc4)cc3)[nH]c12. The number of hydrogen-bond acceptors (Lipinski definition) is 5. The van der Waals surface area contributed by atoms with E-state index < -0.39 is 0 Å². The second-order valence-electron chi connectivity index (χ2n) is 5.34. The topological polar surface area (TPSA) is 89.7 Å². The number of aromatic nitrogens is 4. The Bertz CT molecular complexity index is 964. The molecule has 24 heavy (non-hydrogen) atoms. The van der Waals surface area contributed by atoms with Gasteiger partial charge in [0.1, 0.15) is 30.0 Å². The Morgan fingerprint density at radius 3 is 2.50 bits per heavy atom. The highest BCUT2D eigenvalue weighted by Gasteiger charge is 2.09. The van der Waals surface area contributed by atoms with Gasteiger partial charge in [0.15, 0.2) is 11.5 Å². The van der Waals surface area contributed by atoms with Gasteiger partial charge in [0, 0.05) is 5.56 Å². The number of rotatable bonds is 4. The van der Waals surface area contributed by atoms with Crippen LogP contribution in [0.4, 0.5) is 5.82 Å². The van der Waals surface area contributed by atoms with Gasteiger partial charge in [-0.3, -0.25) is 0 Å². The van der Waals surface area contributed by atoms with E-state index >= 15 is 0 Å². The molecule has 0 radical (unpaired) electrons. The van der Waals surface area contributed by atoms with E-state index in [0.717, 1.165) is 16.9 Å². The van der Waals surface area contributed by atoms with E-state index in [1.54, 1.807) is 0 Å². The smallest absolute Gasteiger partial charge is 0.183 e. The zero-order valence-corrected chi connectivity index (χ0v) is 12.8. The number of H-pyrrole nitrogens is 1. The summed E-state index contributed by atoms with van der Waals surface area (Å²) in [6.07, 6.45) is 1.41. The minimum Gasteiger partial charge on any atom is -0.489 e. The molecule has 0 fully saturated rings. The maximum absolute atomic E-state index is 5.82. The monoisotopic (exact) mass is 317 g/mol. The molecule has 0 spiro atoms. The van der Waals surface area contributed by atoms with Gasteiger partial charge in [-0.05, 0) is 29.8 Å². The van der Waals surface area contributed by atoms with Crippen LogP contribution in [0.5, 0.6) is 5.75 Å². The molecule has 0 unspecified atom stereocenters. The Hall–Kier alpha value is -3.41. The molecule has 4 aromatic rings. The maximum atomic E-state index is 5.82. The molecular formula is C18H15N5O. The lowest BCUT2D eigenvalue weighted by atomic mass is 10.2. The lowest BCUT2D eigenvalue weighted by Gasteiger charge is -2.06. The number of nitrogens with two attached hydrogens (primary N) is 1. The molecule has 2 aromatic carbocycles. The van der Waals surface area contributed by atoms with Gasteiger partial charge in [-0.15, -0.1) is 0 Å². The van der Waals surface area contributed by atoms with Crippen LogP contribution in [0, 0.1) is 0 Å². The number of nitrogens with zero attached hydrogens (tertiary/aromatic N) is 3. The summed E-state index contributed by atoms with van der Waals surface area (Å²) in [5, 5.41) is 0. The van der Waals surface area contributed by atoms with E-state index in [1.165, 1.54) is 6.33 Å². The molecule has 0 aliphatic carbocycles. The number of benzene rings is 2. The summed E-state index contributed by atoms with van der Waals surface area (Å²) in [7, 11) is 0. The molecule has 0 saturated carbocycles. The molecule has 2 aromatic heterocycles. The number of anilines is 1. The first-order valence-corrected chi connectivity index (χ1v) is 7.53. The minimum absolute atomic E-state index is 0.390. The largest absolute Gasteiger partial charge is 0.489 e. The third kappa shape index (κ3) is 2.77. The van der Waals surface area contributed by atoms with Crippen molar-refractivity contribution in [2.24, 2.45) is 0 Å². The van der Waals surface area contributed by atoms with Crippen molar-refractivity contribution in [3.05, 3.63) is 66.5 Å². The van der Waals surface area contributed by atoms with Crippen molar-refractivity contribution in [1.82, 2.24) is 19.9 Å². The van der Waals surface area contributed by atoms with Crippen LogP contribution in [0.3, 0.4) is 0 Å². The van der Waals surface area contributed by atoms with Crippen LogP contribution in [-0.2, 0) is 6.61 Å². The van der Waals surface area contributed by atoms with Crippen LogP contribution in [0.1, 0.15) is 5.56 Å². The van der Waals surface area contributed by atoms with Crippen molar-refractivity contribution in [3.8, 4) is 17.1 Å². The fraction of sp³-hybridized carbons (Fsp3) is 0.0556. The highest BCUT2D eigenvalue weighted by molar-refractivity contribution is 5.84. The molecule has 0 atom stereocenters. The molecular weight excluding hydrogens is 302 g/mol. The number of nitrogen functional groups attached to an aromatic ring is 1. The van der Waals surface area contributed by atoms with Crippen LogP contribution < -0.4 is 10.5 Å². The predicted molar refractivity (Wildman–Crippen MR) is 92.3 cm³/mol. The molecule has 3 N–H and O–H groups in total. The van der Waals surface area contributed by atoms with Crippen molar-refractivity contribution in [1.29, 1.82) is 0 Å². The van der Waals surface area contributed by atoms with Gasteiger partial charge in [0.05, 0.1) is 0 Å². The molecule has 0 saturated heterocycles. The maximum Gasteiger partial charge on any atom is 0.183 e.